The van der Waals surface area contributed by atoms with E-state index in [1.807, 2.05) is 13.8 Å². The van der Waals surface area contributed by atoms with Gasteiger partial charge in [0.2, 0.25) is 11.8 Å². The molecule has 148 valence electrons. The summed E-state index contributed by atoms with van der Waals surface area (Å²) in [6, 6.07) is 0.169. The van der Waals surface area contributed by atoms with Crippen LogP contribution in [0.25, 0.3) is 0 Å². The van der Waals surface area contributed by atoms with Crippen LogP contribution < -0.4 is 10.6 Å². The Kier molecular flexibility index (Phi) is 7.07. The lowest BCUT2D eigenvalue weighted by Crippen LogP contribution is -2.53. The summed E-state index contributed by atoms with van der Waals surface area (Å²) in [7, 11) is 0. The summed E-state index contributed by atoms with van der Waals surface area (Å²) in [5, 5.41) is 15.3. The van der Waals surface area contributed by atoms with Crippen LogP contribution in [0.2, 0.25) is 0 Å². The number of hydrogen-bond donors (Lipinski definition) is 3. The first-order valence-electron chi connectivity index (χ1n) is 10.1. The van der Waals surface area contributed by atoms with Crippen LogP contribution in [0.5, 0.6) is 0 Å². The van der Waals surface area contributed by atoms with Gasteiger partial charge >= 0.3 is 5.97 Å². The number of aliphatic carboxylic acids is 1. The van der Waals surface area contributed by atoms with Gasteiger partial charge in [0.1, 0.15) is 0 Å². The van der Waals surface area contributed by atoms with Gasteiger partial charge in [0, 0.05) is 23.4 Å². The molecule has 0 aromatic carbocycles. The van der Waals surface area contributed by atoms with E-state index in [-0.39, 0.29) is 42.0 Å². The Bertz CT molecular complexity index is 520. The topological polar surface area (TPSA) is 95.5 Å². The Morgan fingerprint density at radius 3 is 2.00 bits per heavy atom. The van der Waals surface area contributed by atoms with Gasteiger partial charge in [0.15, 0.2) is 0 Å². The molecule has 6 nitrogen and oxygen atoms in total. The van der Waals surface area contributed by atoms with Gasteiger partial charge in [-0.25, -0.2) is 0 Å². The maximum Gasteiger partial charge on any atom is 0.305 e. The van der Waals surface area contributed by atoms with Crippen molar-refractivity contribution in [1.29, 1.82) is 0 Å². The van der Waals surface area contributed by atoms with Crippen molar-refractivity contribution >= 4 is 17.8 Å². The second kappa shape index (κ2) is 8.87. The van der Waals surface area contributed by atoms with Crippen LogP contribution >= 0.6 is 0 Å². The zero-order valence-corrected chi connectivity index (χ0v) is 16.3. The van der Waals surface area contributed by atoms with E-state index in [1.54, 1.807) is 6.92 Å². The van der Waals surface area contributed by atoms with Gasteiger partial charge in [-0.3, -0.25) is 14.4 Å². The van der Waals surface area contributed by atoms with Gasteiger partial charge in [0.25, 0.3) is 0 Å². The molecule has 0 heterocycles. The van der Waals surface area contributed by atoms with Gasteiger partial charge < -0.3 is 15.7 Å². The first kappa shape index (κ1) is 20.7. The van der Waals surface area contributed by atoms with E-state index in [2.05, 4.69) is 10.6 Å². The molecule has 2 saturated carbocycles. The van der Waals surface area contributed by atoms with Crippen LogP contribution in [0.4, 0.5) is 0 Å². The van der Waals surface area contributed by atoms with Crippen molar-refractivity contribution in [2.24, 2.45) is 17.8 Å². The van der Waals surface area contributed by atoms with Gasteiger partial charge in [-0.15, -0.1) is 0 Å². The lowest BCUT2D eigenvalue weighted by atomic mass is 9.81. The second-order valence-corrected chi connectivity index (χ2v) is 8.67. The normalized spacial score (nSPS) is 26.3. The maximum atomic E-state index is 12.6. The lowest BCUT2D eigenvalue weighted by molar-refractivity contribution is -0.140. The molecule has 2 amide bonds. The van der Waals surface area contributed by atoms with Gasteiger partial charge in [-0.05, 0) is 51.4 Å². The number of carboxylic acid groups (broad SMARTS) is 1. The molecule has 6 heteroatoms. The molecule has 0 aromatic heterocycles. The van der Waals surface area contributed by atoms with Crippen LogP contribution in [0, 0.1) is 17.8 Å². The van der Waals surface area contributed by atoms with Crippen molar-refractivity contribution in [3.8, 4) is 0 Å². The minimum atomic E-state index is -0.903. The van der Waals surface area contributed by atoms with Crippen molar-refractivity contribution < 1.29 is 19.5 Å². The first-order chi connectivity index (χ1) is 12.2. The predicted octanol–water partition coefficient (Wildman–Crippen LogP) is 2.86. The fourth-order valence-corrected chi connectivity index (χ4v) is 4.10. The van der Waals surface area contributed by atoms with Crippen LogP contribution in [0.1, 0.15) is 78.6 Å². The fraction of sp³-hybridized carbons (Fsp3) is 0.850. The Hall–Kier alpha value is -1.59. The molecule has 2 fully saturated rings. The minimum Gasteiger partial charge on any atom is -0.481 e. The third-order valence-electron chi connectivity index (χ3n) is 6.37. The van der Waals surface area contributed by atoms with Gasteiger partial charge in [0.05, 0.1) is 6.42 Å². The Balaban J connectivity index is 1.81. The Labute approximate surface area is 156 Å². The van der Waals surface area contributed by atoms with Crippen LogP contribution in [0.3, 0.4) is 0 Å². The first-order valence-corrected chi connectivity index (χ1v) is 10.1. The highest BCUT2D eigenvalue weighted by Crippen LogP contribution is 2.29. The quantitative estimate of drug-likeness (QED) is 0.645. The molecular formula is C20H34N2O4. The monoisotopic (exact) mass is 366 g/mol. The average molecular weight is 367 g/mol. The van der Waals surface area contributed by atoms with Crippen LogP contribution in [-0.4, -0.2) is 34.5 Å². The van der Waals surface area contributed by atoms with E-state index < -0.39 is 11.5 Å². The van der Waals surface area contributed by atoms with Gasteiger partial charge in [-0.1, -0.05) is 26.7 Å². The van der Waals surface area contributed by atoms with Gasteiger partial charge in [-0.2, -0.15) is 0 Å². The molecule has 2 aliphatic rings. The minimum absolute atomic E-state index is 0.0320. The molecular weight excluding hydrogens is 332 g/mol. The van der Waals surface area contributed by atoms with Crippen molar-refractivity contribution in [2.45, 2.75) is 90.1 Å². The average Bonchev–Trinajstić information content (AvgIpc) is 3.09. The largest absolute Gasteiger partial charge is 0.481 e. The third kappa shape index (κ3) is 5.45. The Morgan fingerprint density at radius 1 is 0.962 bits per heavy atom. The van der Waals surface area contributed by atoms with Crippen LogP contribution in [0.15, 0.2) is 0 Å². The molecule has 3 N–H and O–H groups in total. The number of amides is 2. The van der Waals surface area contributed by atoms with E-state index in [9.17, 15) is 14.4 Å². The number of nitrogens with one attached hydrogen (secondary N) is 2. The number of carbonyl (C=O) groups excluding carboxylic acids is 2. The summed E-state index contributed by atoms with van der Waals surface area (Å²) in [5.41, 5.74) is -0.740. The SMILES string of the molecule is CC(C)C(C)(CC(=O)O)NC(=O)C1CCC(NC(=O)C2CCCC2)CC1. The molecule has 0 saturated heterocycles. The van der Waals surface area contributed by atoms with E-state index in [4.69, 9.17) is 5.11 Å². The molecule has 0 aromatic rings. The van der Waals surface area contributed by atoms with Crippen molar-refractivity contribution in [1.82, 2.24) is 10.6 Å². The number of carbonyl (C=O) groups is 3. The summed E-state index contributed by atoms with van der Waals surface area (Å²) >= 11 is 0. The number of rotatable bonds is 7. The number of hydrogen-bond acceptors (Lipinski definition) is 3. The molecule has 26 heavy (non-hydrogen) atoms. The summed E-state index contributed by atoms with van der Waals surface area (Å²) in [5.74, 6) is -0.656. The molecule has 1 unspecified atom stereocenters. The standard InChI is InChI=1S/C20H34N2O4/c1-13(2)20(3,12-17(23)24)22-19(26)15-8-10-16(11-9-15)21-18(25)14-6-4-5-7-14/h13-16H,4-12H2,1-3H3,(H,21,25)(H,22,26)(H,23,24). The number of carboxylic acids is 1. The maximum absolute atomic E-state index is 12.6. The lowest BCUT2D eigenvalue weighted by Gasteiger charge is -2.36. The van der Waals surface area contributed by atoms with E-state index in [1.165, 1.54) is 0 Å². The highest BCUT2D eigenvalue weighted by atomic mass is 16.4. The molecule has 2 rings (SSSR count). The summed E-state index contributed by atoms with van der Waals surface area (Å²) in [4.78, 5) is 36.0. The van der Waals surface area contributed by atoms with Crippen molar-refractivity contribution in [3.63, 3.8) is 0 Å². The second-order valence-electron chi connectivity index (χ2n) is 8.67. The molecule has 0 bridgehead atoms. The third-order valence-corrected chi connectivity index (χ3v) is 6.37. The summed E-state index contributed by atoms with van der Waals surface area (Å²) in [6.07, 6.45) is 7.32. The van der Waals surface area contributed by atoms with Crippen molar-refractivity contribution in [3.05, 3.63) is 0 Å². The highest BCUT2D eigenvalue weighted by molar-refractivity contribution is 5.81. The summed E-state index contributed by atoms with van der Waals surface area (Å²) in [6.45, 7) is 5.66. The molecule has 0 spiro atoms. The Morgan fingerprint density at radius 2 is 1.50 bits per heavy atom. The van der Waals surface area contributed by atoms with Crippen LogP contribution in [-0.2, 0) is 14.4 Å². The van der Waals surface area contributed by atoms with E-state index in [0.717, 1.165) is 51.4 Å². The molecule has 2 aliphatic carbocycles. The smallest absolute Gasteiger partial charge is 0.305 e. The van der Waals surface area contributed by atoms with E-state index >= 15 is 0 Å². The predicted molar refractivity (Wildman–Crippen MR) is 99.5 cm³/mol. The summed E-state index contributed by atoms with van der Waals surface area (Å²) < 4.78 is 0. The molecule has 0 aliphatic heterocycles. The zero-order chi connectivity index (χ0) is 19.3. The zero-order valence-electron chi connectivity index (χ0n) is 16.3. The highest BCUT2D eigenvalue weighted by Gasteiger charge is 2.36. The molecule has 1 atom stereocenters. The fourth-order valence-electron chi connectivity index (χ4n) is 4.10. The molecule has 0 radical (unpaired) electrons. The van der Waals surface area contributed by atoms with E-state index in [0.29, 0.717) is 0 Å². The van der Waals surface area contributed by atoms with Crippen molar-refractivity contribution in [2.75, 3.05) is 0 Å².